The predicted molar refractivity (Wildman–Crippen MR) is 128 cm³/mol. The van der Waals surface area contributed by atoms with Gasteiger partial charge in [-0.25, -0.2) is 0 Å². The summed E-state index contributed by atoms with van der Waals surface area (Å²) in [6.07, 6.45) is -0.534. The van der Waals surface area contributed by atoms with Gasteiger partial charge in [-0.15, -0.1) is 10.2 Å². The number of carbonyl (C=O) groups is 1. The highest BCUT2D eigenvalue weighted by Gasteiger charge is 2.27. The van der Waals surface area contributed by atoms with Crippen LogP contribution in [-0.2, 0) is 4.79 Å². The monoisotopic (exact) mass is 460 g/mol. The number of amides is 1. The zero-order valence-electron chi connectivity index (χ0n) is 19.7. The lowest BCUT2D eigenvalue weighted by molar-refractivity contribution is -0.138. The number of ether oxygens (including phenoxy) is 3. The molecular formula is C26H28N4O4. The summed E-state index contributed by atoms with van der Waals surface area (Å²) in [5.74, 6) is 3.03. The fourth-order valence-electron chi connectivity index (χ4n) is 4.21. The van der Waals surface area contributed by atoms with Crippen molar-refractivity contribution in [2.45, 2.75) is 26.9 Å². The highest BCUT2D eigenvalue weighted by atomic mass is 16.7. The molecule has 0 radical (unpaired) electrons. The van der Waals surface area contributed by atoms with Crippen molar-refractivity contribution in [1.29, 1.82) is 0 Å². The summed E-state index contributed by atoms with van der Waals surface area (Å²) in [5.41, 5.74) is 3.91. The van der Waals surface area contributed by atoms with Crippen LogP contribution >= 0.6 is 0 Å². The number of fused-ring (bicyclic) bond motifs is 1. The number of piperazine rings is 1. The van der Waals surface area contributed by atoms with Crippen LogP contribution in [0, 0.1) is 13.8 Å². The third-order valence-electron chi connectivity index (χ3n) is 6.44. The van der Waals surface area contributed by atoms with Gasteiger partial charge in [0.15, 0.2) is 23.4 Å². The highest BCUT2D eigenvalue weighted by molar-refractivity contribution is 5.81. The largest absolute Gasteiger partial charge is 0.481 e. The van der Waals surface area contributed by atoms with Gasteiger partial charge >= 0.3 is 0 Å². The molecule has 1 fully saturated rings. The van der Waals surface area contributed by atoms with Crippen molar-refractivity contribution >= 4 is 11.7 Å². The van der Waals surface area contributed by atoms with Crippen molar-refractivity contribution in [3.05, 3.63) is 59.7 Å². The molecular weight excluding hydrogens is 432 g/mol. The zero-order valence-corrected chi connectivity index (χ0v) is 19.7. The van der Waals surface area contributed by atoms with Gasteiger partial charge in [-0.1, -0.05) is 12.1 Å². The molecule has 34 heavy (non-hydrogen) atoms. The van der Waals surface area contributed by atoms with E-state index in [1.165, 1.54) is 0 Å². The minimum atomic E-state index is -0.534. The molecule has 3 aromatic rings. The van der Waals surface area contributed by atoms with E-state index in [0.717, 1.165) is 45.5 Å². The lowest BCUT2D eigenvalue weighted by Crippen LogP contribution is -2.52. The molecule has 0 saturated carbocycles. The third kappa shape index (κ3) is 4.35. The standard InChI is InChI=1S/C26H28N4O4/c1-17-5-4-6-22(18(17)2)34-19(3)26(31)30-13-11-29(12-14-30)25-10-8-21(27-28-25)20-7-9-23-24(15-20)33-16-32-23/h4-10,15,19H,11-14,16H2,1-3H3. The van der Waals surface area contributed by atoms with Crippen molar-refractivity contribution in [3.8, 4) is 28.5 Å². The molecule has 8 nitrogen and oxygen atoms in total. The summed E-state index contributed by atoms with van der Waals surface area (Å²) in [5, 5.41) is 8.83. The fraction of sp³-hybridized carbons (Fsp3) is 0.346. The number of carbonyl (C=O) groups excluding carboxylic acids is 1. The smallest absolute Gasteiger partial charge is 0.263 e. The second kappa shape index (κ2) is 9.21. The molecule has 3 heterocycles. The van der Waals surface area contributed by atoms with Gasteiger partial charge in [0.1, 0.15) is 5.75 Å². The first-order chi connectivity index (χ1) is 16.5. The minimum absolute atomic E-state index is 0.00444. The lowest BCUT2D eigenvalue weighted by atomic mass is 10.1. The summed E-state index contributed by atoms with van der Waals surface area (Å²) in [7, 11) is 0. The molecule has 1 saturated heterocycles. The zero-order chi connectivity index (χ0) is 23.7. The maximum atomic E-state index is 13.0. The Bertz CT molecular complexity index is 1190. The van der Waals surface area contributed by atoms with Gasteiger partial charge < -0.3 is 24.0 Å². The van der Waals surface area contributed by atoms with Crippen LogP contribution in [0.5, 0.6) is 17.2 Å². The Balaban J connectivity index is 1.18. The molecule has 0 aliphatic carbocycles. The van der Waals surface area contributed by atoms with E-state index in [0.29, 0.717) is 26.2 Å². The summed E-state index contributed by atoms with van der Waals surface area (Å²) in [6, 6.07) is 15.6. The number of hydrogen-bond donors (Lipinski definition) is 0. The molecule has 5 rings (SSSR count). The SMILES string of the molecule is Cc1cccc(OC(C)C(=O)N2CCN(c3ccc(-c4ccc5c(c4)OCO5)nn3)CC2)c1C. The predicted octanol–water partition coefficient (Wildman–Crippen LogP) is 3.61. The van der Waals surface area contributed by atoms with Crippen LogP contribution in [-0.4, -0.2) is 60.1 Å². The molecule has 0 spiro atoms. The van der Waals surface area contributed by atoms with E-state index in [4.69, 9.17) is 14.2 Å². The van der Waals surface area contributed by atoms with Gasteiger partial charge in [0, 0.05) is 31.7 Å². The molecule has 1 atom stereocenters. The van der Waals surface area contributed by atoms with Crippen LogP contribution in [0.1, 0.15) is 18.1 Å². The van der Waals surface area contributed by atoms with Gasteiger partial charge in [-0.3, -0.25) is 4.79 Å². The van der Waals surface area contributed by atoms with Crippen molar-refractivity contribution < 1.29 is 19.0 Å². The van der Waals surface area contributed by atoms with Crippen LogP contribution in [0.15, 0.2) is 48.5 Å². The molecule has 1 unspecified atom stereocenters. The van der Waals surface area contributed by atoms with Gasteiger partial charge in [0.05, 0.1) is 5.69 Å². The Hall–Kier alpha value is -3.81. The number of rotatable bonds is 5. The molecule has 176 valence electrons. The van der Waals surface area contributed by atoms with Crippen LogP contribution in [0.25, 0.3) is 11.3 Å². The second-order valence-electron chi connectivity index (χ2n) is 8.62. The summed E-state index contributed by atoms with van der Waals surface area (Å²) in [4.78, 5) is 17.0. The first-order valence-electron chi connectivity index (χ1n) is 11.5. The number of aromatic nitrogens is 2. The number of anilines is 1. The van der Waals surface area contributed by atoms with Crippen LogP contribution in [0.4, 0.5) is 5.82 Å². The Morgan fingerprint density at radius 3 is 2.53 bits per heavy atom. The average molecular weight is 461 g/mol. The molecule has 8 heteroatoms. The maximum absolute atomic E-state index is 13.0. The highest BCUT2D eigenvalue weighted by Crippen LogP contribution is 2.35. The summed E-state index contributed by atoms with van der Waals surface area (Å²) >= 11 is 0. The Kier molecular flexibility index (Phi) is 5.96. The van der Waals surface area contributed by atoms with Gasteiger partial charge in [-0.05, 0) is 68.3 Å². The fourth-order valence-corrected chi connectivity index (χ4v) is 4.21. The van der Waals surface area contributed by atoms with Crippen molar-refractivity contribution in [3.63, 3.8) is 0 Å². The van der Waals surface area contributed by atoms with E-state index in [2.05, 4.69) is 15.1 Å². The summed E-state index contributed by atoms with van der Waals surface area (Å²) in [6.45, 7) is 8.74. The van der Waals surface area contributed by atoms with Gasteiger partial charge in [-0.2, -0.15) is 0 Å². The normalized spacial score (nSPS) is 15.9. The molecule has 1 amide bonds. The van der Waals surface area contributed by atoms with E-state index in [-0.39, 0.29) is 12.7 Å². The van der Waals surface area contributed by atoms with E-state index in [9.17, 15) is 4.79 Å². The van der Waals surface area contributed by atoms with Crippen molar-refractivity contribution in [2.24, 2.45) is 0 Å². The van der Waals surface area contributed by atoms with Gasteiger partial charge in [0.25, 0.3) is 5.91 Å². The van der Waals surface area contributed by atoms with Crippen LogP contribution in [0.2, 0.25) is 0 Å². The van der Waals surface area contributed by atoms with Gasteiger partial charge in [0.2, 0.25) is 6.79 Å². The molecule has 0 bridgehead atoms. The van der Waals surface area contributed by atoms with E-state index < -0.39 is 6.10 Å². The van der Waals surface area contributed by atoms with Crippen molar-refractivity contribution in [1.82, 2.24) is 15.1 Å². The number of nitrogens with zero attached hydrogens (tertiary/aromatic N) is 4. The number of hydrogen-bond acceptors (Lipinski definition) is 7. The average Bonchev–Trinajstić information content (AvgIpc) is 3.34. The first-order valence-corrected chi connectivity index (χ1v) is 11.5. The quantitative estimate of drug-likeness (QED) is 0.576. The van der Waals surface area contributed by atoms with Crippen LogP contribution < -0.4 is 19.1 Å². The lowest BCUT2D eigenvalue weighted by Gasteiger charge is -2.36. The number of aryl methyl sites for hydroxylation is 1. The van der Waals surface area contributed by atoms with E-state index in [1.54, 1.807) is 0 Å². The molecule has 2 aliphatic rings. The summed E-state index contributed by atoms with van der Waals surface area (Å²) < 4.78 is 16.8. The Morgan fingerprint density at radius 1 is 0.971 bits per heavy atom. The molecule has 2 aromatic carbocycles. The Morgan fingerprint density at radius 2 is 1.76 bits per heavy atom. The maximum Gasteiger partial charge on any atom is 0.263 e. The van der Waals surface area contributed by atoms with Crippen LogP contribution in [0.3, 0.4) is 0 Å². The number of benzene rings is 2. The first kappa shape index (κ1) is 22.0. The Labute approximate surface area is 199 Å². The second-order valence-corrected chi connectivity index (χ2v) is 8.62. The van der Waals surface area contributed by atoms with E-state index >= 15 is 0 Å². The van der Waals surface area contributed by atoms with E-state index in [1.807, 2.05) is 74.2 Å². The topological polar surface area (TPSA) is 77.0 Å². The van der Waals surface area contributed by atoms with Crippen molar-refractivity contribution in [2.75, 3.05) is 37.9 Å². The minimum Gasteiger partial charge on any atom is -0.481 e. The molecule has 1 aromatic heterocycles. The third-order valence-corrected chi connectivity index (χ3v) is 6.44. The molecule has 0 N–H and O–H groups in total. The molecule has 2 aliphatic heterocycles.